The molecule has 0 aliphatic heterocycles. The maximum atomic E-state index is 12.7. The zero-order valence-corrected chi connectivity index (χ0v) is 18.8. The van der Waals surface area contributed by atoms with Crippen LogP contribution in [0.1, 0.15) is 29.8 Å². The Morgan fingerprint density at radius 1 is 0.906 bits per heavy atom. The Morgan fingerprint density at radius 2 is 1.56 bits per heavy atom. The second-order valence-corrected chi connectivity index (χ2v) is 8.99. The minimum absolute atomic E-state index is 0.0305. The molecule has 0 spiro atoms. The van der Waals surface area contributed by atoms with E-state index in [1.807, 2.05) is 53.4 Å². The molecular formula is C23H26N4O4S. The van der Waals surface area contributed by atoms with E-state index in [4.69, 9.17) is 0 Å². The number of hydrogen-bond acceptors (Lipinski definition) is 4. The van der Waals surface area contributed by atoms with Crippen molar-refractivity contribution < 1.29 is 18.0 Å². The predicted octanol–water partition coefficient (Wildman–Crippen LogP) is 2.51. The lowest BCUT2D eigenvalue weighted by atomic mass is 10.1. The normalized spacial score (nSPS) is 11.3. The molecule has 8 nitrogen and oxygen atoms in total. The van der Waals surface area contributed by atoms with Crippen LogP contribution in [0.3, 0.4) is 0 Å². The second-order valence-electron chi connectivity index (χ2n) is 7.05. The molecule has 1 aromatic heterocycles. The second kappa shape index (κ2) is 10.3. The summed E-state index contributed by atoms with van der Waals surface area (Å²) in [6.45, 7) is 4.16. The van der Waals surface area contributed by atoms with Gasteiger partial charge in [-0.05, 0) is 48.0 Å². The zero-order valence-electron chi connectivity index (χ0n) is 18.0. The Labute approximate surface area is 187 Å². The fourth-order valence-electron chi connectivity index (χ4n) is 3.23. The first-order valence-corrected chi connectivity index (χ1v) is 11.7. The molecule has 0 unspecified atom stereocenters. The Hall–Kier alpha value is -3.43. The first-order chi connectivity index (χ1) is 15.3. The van der Waals surface area contributed by atoms with Crippen LogP contribution in [0.5, 0.6) is 0 Å². The van der Waals surface area contributed by atoms with Gasteiger partial charge in [0.2, 0.25) is 15.9 Å². The number of aromatic nitrogens is 1. The van der Waals surface area contributed by atoms with Crippen molar-refractivity contribution in [2.24, 2.45) is 0 Å². The molecule has 0 aliphatic carbocycles. The van der Waals surface area contributed by atoms with E-state index in [2.05, 4.69) is 10.9 Å². The first kappa shape index (κ1) is 23.2. The number of hydrogen-bond donors (Lipinski definition) is 2. The summed E-state index contributed by atoms with van der Waals surface area (Å²) in [5.41, 5.74) is 6.61. The number of carbonyl (C=O) groups excluding carboxylic acids is 2. The lowest BCUT2D eigenvalue weighted by molar-refractivity contribution is -0.121. The highest BCUT2D eigenvalue weighted by Gasteiger charge is 2.22. The van der Waals surface area contributed by atoms with E-state index in [0.717, 1.165) is 11.3 Å². The molecule has 0 radical (unpaired) electrons. The van der Waals surface area contributed by atoms with Gasteiger partial charge in [-0.1, -0.05) is 32.0 Å². The molecule has 32 heavy (non-hydrogen) atoms. The van der Waals surface area contributed by atoms with E-state index in [0.29, 0.717) is 13.1 Å². The van der Waals surface area contributed by atoms with Gasteiger partial charge in [0.1, 0.15) is 0 Å². The van der Waals surface area contributed by atoms with E-state index >= 15 is 0 Å². The van der Waals surface area contributed by atoms with Crippen LogP contribution in [0.25, 0.3) is 5.69 Å². The Kier molecular flexibility index (Phi) is 7.45. The summed E-state index contributed by atoms with van der Waals surface area (Å²) in [5, 5.41) is 0. The van der Waals surface area contributed by atoms with E-state index in [1.165, 1.54) is 28.6 Å². The summed E-state index contributed by atoms with van der Waals surface area (Å²) in [5.74, 6) is -0.989. The molecule has 2 N–H and O–H groups in total. The van der Waals surface area contributed by atoms with Gasteiger partial charge in [0.05, 0.1) is 11.3 Å². The fraction of sp³-hybridized carbons (Fsp3) is 0.217. The van der Waals surface area contributed by atoms with Crippen molar-refractivity contribution >= 4 is 21.8 Å². The number of carbonyl (C=O) groups is 2. The third kappa shape index (κ3) is 5.43. The molecule has 3 rings (SSSR count). The van der Waals surface area contributed by atoms with Gasteiger partial charge in [-0.3, -0.25) is 20.4 Å². The quantitative estimate of drug-likeness (QED) is 0.511. The van der Waals surface area contributed by atoms with Gasteiger partial charge >= 0.3 is 0 Å². The summed E-state index contributed by atoms with van der Waals surface area (Å²) in [6.07, 6.45) is 3.95. The molecule has 0 saturated carbocycles. The third-order valence-electron chi connectivity index (χ3n) is 4.96. The standard InChI is InChI=1S/C23H26N4O4S/c1-3-27(4-2)32(30,31)21-9-7-8-19(17-21)23(29)25-24-22(28)16-18-10-12-20(13-11-18)26-14-5-6-15-26/h5-15,17H,3-4,16H2,1-2H3,(H,24,28)(H,25,29). The Balaban J connectivity index is 1.59. The minimum atomic E-state index is -3.68. The molecule has 0 atom stereocenters. The smallest absolute Gasteiger partial charge is 0.269 e. The van der Waals surface area contributed by atoms with Crippen LogP contribution in [0.4, 0.5) is 0 Å². The van der Waals surface area contributed by atoms with Crippen LogP contribution in [0.2, 0.25) is 0 Å². The van der Waals surface area contributed by atoms with Crippen LogP contribution in [0, 0.1) is 0 Å². The Bertz CT molecular complexity index is 1170. The van der Waals surface area contributed by atoms with Crippen molar-refractivity contribution in [1.82, 2.24) is 19.7 Å². The molecule has 9 heteroatoms. The fourth-order valence-corrected chi connectivity index (χ4v) is 4.74. The van der Waals surface area contributed by atoms with E-state index in [9.17, 15) is 18.0 Å². The van der Waals surface area contributed by atoms with Gasteiger partial charge in [-0.25, -0.2) is 8.42 Å². The van der Waals surface area contributed by atoms with Gasteiger partial charge in [0.25, 0.3) is 5.91 Å². The minimum Gasteiger partial charge on any atom is -0.324 e. The maximum absolute atomic E-state index is 12.7. The number of benzene rings is 2. The number of sulfonamides is 1. The number of rotatable bonds is 8. The summed E-state index contributed by atoms with van der Waals surface area (Å²) < 4.78 is 28.6. The summed E-state index contributed by atoms with van der Waals surface area (Å²) in [6, 6.07) is 17.1. The average Bonchev–Trinajstić information content (AvgIpc) is 3.34. The molecule has 1 heterocycles. The van der Waals surface area contributed by atoms with E-state index < -0.39 is 15.9 Å². The lowest BCUT2D eigenvalue weighted by Gasteiger charge is -2.18. The van der Waals surface area contributed by atoms with Crippen molar-refractivity contribution in [2.45, 2.75) is 25.2 Å². The van der Waals surface area contributed by atoms with Crippen LogP contribution in [-0.4, -0.2) is 42.2 Å². The molecular weight excluding hydrogens is 428 g/mol. The molecule has 0 fully saturated rings. The van der Waals surface area contributed by atoms with Gasteiger partial charge < -0.3 is 4.57 Å². The van der Waals surface area contributed by atoms with Gasteiger partial charge in [0.15, 0.2) is 0 Å². The summed E-state index contributed by atoms with van der Waals surface area (Å²) >= 11 is 0. The van der Waals surface area contributed by atoms with Crippen LogP contribution >= 0.6 is 0 Å². The maximum Gasteiger partial charge on any atom is 0.269 e. The highest BCUT2D eigenvalue weighted by atomic mass is 32.2. The molecule has 2 amide bonds. The molecule has 0 saturated heterocycles. The molecule has 3 aromatic rings. The number of amides is 2. The van der Waals surface area contributed by atoms with Crippen molar-refractivity contribution in [1.29, 1.82) is 0 Å². The van der Waals surface area contributed by atoms with Crippen LogP contribution < -0.4 is 10.9 Å². The highest BCUT2D eigenvalue weighted by Crippen LogP contribution is 2.17. The molecule has 0 bridgehead atoms. The van der Waals surface area contributed by atoms with E-state index in [-0.39, 0.29) is 22.8 Å². The molecule has 2 aromatic carbocycles. The van der Waals surface area contributed by atoms with Gasteiger partial charge in [0, 0.05) is 36.7 Å². The number of hydrazine groups is 1. The zero-order chi connectivity index (χ0) is 23.1. The average molecular weight is 455 g/mol. The van der Waals surface area contributed by atoms with Gasteiger partial charge in [-0.15, -0.1) is 0 Å². The first-order valence-electron chi connectivity index (χ1n) is 10.3. The summed E-state index contributed by atoms with van der Waals surface area (Å²) in [7, 11) is -3.68. The van der Waals surface area contributed by atoms with Crippen molar-refractivity contribution in [2.75, 3.05) is 13.1 Å². The Morgan fingerprint density at radius 3 is 2.19 bits per heavy atom. The lowest BCUT2D eigenvalue weighted by Crippen LogP contribution is -2.42. The van der Waals surface area contributed by atoms with Crippen LogP contribution in [-0.2, 0) is 21.2 Å². The number of nitrogens with one attached hydrogen (secondary N) is 2. The molecule has 0 aliphatic rings. The predicted molar refractivity (Wildman–Crippen MR) is 122 cm³/mol. The largest absolute Gasteiger partial charge is 0.324 e. The van der Waals surface area contributed by atoms with Crippen molar-refractivity contribution in [3.05, 3.63) is 84.2 Å². The SMILES string of the molecule is CCN(CC)S(=O)(=O)c1cccc(C(=O)NNC(=O)Cc2ccc(-n3cccc3)cc2)c1. The van der Waals surface area contributed by atoms with Crippen molar-refractivity contribution in [3.63, 3.8) is 0 Å². The third-order valence-corrected chi connectivity index (χ3v) is 7.00. The number of nitrogens with zero attached hydrogens (tertiary/aromatic N) is 2. The summed E-state index contributed by atoms with van der Waals surface area (Å²) in [4.78, 5) is 24.7. The monoisotopic (exact) mass is 454 g/mol. The van der Waals surface area contributed by atoms with Crippen LogP contribution in [0.15, 0.2) is 78.0 Å². The molecule has 168 valence electrons. The van der Waals surface area contributed by atoms with E-state index in [1.54, 1.807) is 13.8 Å². The highest BCUT2D eigenvalue weighted by molar-refractivity contribution is 7.89. The van der Waals surface area contributed by atoms with Crippen molar-refractivity contribution in [3.8, 4) is 5.69 Å². The topological polar surface area (TPSA) is 101 Å². The van der Waals surface area contributed by atoms with Gasteiger partial charge in [-0.2, -0.15) is 4.31 Å².